The van der Waals surface area contributed by atoms with Gasteiger partial charge in [-0.2, -0.15) is 0 Å². The molecule has 0 rings (SSSR count). The van der Waals surface area contributed by atoms with E-state index in [0.29, 0.717) is 12.5 Å². The number of ether oxygens (including phenoxy) is 1. The molecular weight excluding hydrogens is 190 g/mol. The summed E-state index contributed by atoms with van der Waals surface area (Å²) in [5.41, 5.74) is -0.425. The van der Waals surface area contributed by atoms with Crippen LogP contribution in [0.3, 0.4) is 0 Å². The summed E-state index contributed by atoms with van der Waals surface area (Å²) in [7, 11) is 0. The smallest absolute Gasteiger partial charge is 0.407 e. The molecule has 1 amide bonds. The highest BCUT2D eigenvalue weighted by Crippen LogP contribution is 2.06. The van der Waals surface area contributed by atoms with Crippen molar-refractivity contribution in [1.82, 2.24) is 5.32 Å². The van der Waals surface area contributed by atoms with Gasteiger partial charge in [0.2, 0.25) is 0 Å². The lowest BCUT2D eigenvalue weighted by Crippen LogP contribution is -2.32. The monoisotopic (exact) mass is 213 g/mol. The van der Waals surface area contributed by atoms with E-state index in [9.17, 15) is 4.79 Å². The van der Waals surface area contributed by atoms with Gasteiger partial charge in [0, 0.05) is 6.54 Å². The Morgan fingerprint density at radius 2 is 1.93 bits per heavy atom. The zero-order valence-corrected chi connectivity index (χ0v) is 10.5. The van der Waals surface area contributed by atoms with Crippen LogP contribution in [0.25, 0.3) is 0 Å². The third-order valence-corrected chi connectivity index (χ3v) is 1.54. The van der Waals surface area contributed by atoms with E-state index in [4.69, 9.17) is 4.74 Å². The number of carbonyl (C=O) groups is 1. The molecule has 3 heteroatoms. The van der Waals surface area contributed by atoms with Gasteiger partial charge in [0.05, 0.1) is 0 Å². The predicted molar refractivity (Wildman–Crippen MR) is 62.8 cm³/mol. The lowest BCUT2D eigenvalue weighted by Gasteiger charge is -2.19. The van der Waals surface area contributed by atoms with Crippen molar-refractivity contribution in [3.05, 3.63) is 12.2 Å². The molecule has 0 aliphatic rings. The Morgan fingerprint density at radius 1 is 1.33 bits per heavy atom. The topological polar surface area (TPSA) is 38.3 Å². The maximum atomic E-state index is 11.2. The molecule has 0 bridgehead atoms. The molecule has 0 aliphatic heterocycles. The Kier molecular flexibility index (Phi) is 6.06. The molecule has 0 aromatic heterocycles. The molecule has 0 saturated carbocycles. The highest BCUT2D eigenvalue weighted by Gasteiger charge is 2.14. The van der Waals surface area contributed by atoms with Crippen molar-refractivity contribution in [1.29, 1.82) is 0 Å². The number of hydrogen-bond donors (Lipinski definition) is 1. The van der Waals surface area contributed by atoms with Crippen molar-refractivity contribution in [2.75, 3.05) is 6.54 Å². The third kappa shape index (κ3) is 10.9. The standard InChI is InChI=1S/C12H23NO2/c1-10(2)8-6-7-9-13-11(14)15-12(3,4)5/h6-7,10H,8-9H2,1-5H3,(H,13,14)/b7-6-. The highest BCUT2D eigenvalue weighted by molar-refractivity contribution is 5.67. The molecule has 0 aliphatic carbocycles. The van der Waals surface area contributed by atoms with Gasteiger partial charge in [-0.05, 0) is 33.1 Å². The molecule has 0 spiro atoms. The molecule has 1 N–H and O–H groups in total. The number of hydrogen-bond acceptors (Lipinski definition) is 2. The van der Waals surface area contributed by atoms with Crippen molar-refractivity contribution in [2.45, 2.75) is 46.6 Å². The number of amides is 1. The average molecular weight is 213 g/mol. The SMILES string of the molecule is CC(C)C/C=C\CNC(=O)OC(C)(C)C. The van der Waals surface area contributed by atoms with E-state index in [1.807, 2.05) is 26.8 Å². The first kappa shape index (κ1) is 14.0. The second kappa shape index (κ2) is 6.49. The number of rotatable bonds is 4. The number of alkyl carbamates (subject to hydrolysis) is 1. The van der Waals surface area contributed by atoms with Crippen LogP contribution in [-0.2, 0) is 4.74 Å². The van der Waals surface area contributed by atoms with E-state index < -0.39 is 5.60 Å². The predicted octanol–water partition coefficient (Wildman–Crippen LogP) is 3.11. The Bertz CT molecular complexity index is 214. The lowest BCUT2D eigenvalue weighted by molar-refractivity contribution is 0.0534. The normalized spacial score (nSPS) is 12.1. The molecule has 0 heterocycles. The van der Waals surface area contributed by atoms with Crippen LogP contribution >= 0.6 is 0 Å². The Hall–Kier alpha value is -0.990. The minimum absolute atomic E-state index is 0.364. The summed E-state index contributed by atoms with van der Waals surface area (Å²) < 4.78 is 5.08. The van der Waals surface area contributed by atoms with E-state index in [2.05, 4.69) is 25.2 Å². The number of nitrogens with one attached hydrogen (secondary N) is 1. The summed E-state index contributed by atoms with van der Waals surface area (Å²) >= 11 is 0. The van der Waals surface area contributed by atoms with Crippen molar-refractivity contribution in [3.63, 3.8) is 0 Å². The fourth-order valence-corrected chi connectivity index (χ4v) is 0.908. The summed E-state index contributed by atoms with van der Waals surface area (Å²) in [6.07, 6.45) is 4.69. The minimum Gasteiger partial charge on any atom is -0.444 e. The summed E-state index contributed by atoms with van der Waals surface area (Å²) in [4.78, 5) is 11.2. The van der Waals surface area contributed by atoms with Crippen molar-refractivity contribution >= 4 is 6.09 Å². The van der Waals surface area contributed by atoms with Crippen LogP contribution in [0.5, 0.6) is 0 Å². The lowest BCUT2D eigenvalue weighted by atomic mass is 10.1. The molecule has 0 unspecified atom stereocenters. The van der Waals surface area contributed by atoms with E-state index in [1.54, 1.807) is 0 Å². The first-order valence-corrected chi connectivity index (χ1v) is 5.43. The van der Waals surface area contributed by atoms with Crippen molar-refractivity contribution < 1.29 is 9.53 Å². The van der Waals surface area contributed by atoms with Crippen LogP contribution in [0.15, 0.2) is 12.2 Å². The van der Waals surface area contributed by atoms with Crippen LogP contribution in [0.1, 0.15) is 41.0 Å². The first-order valence-electron chi connectivity index (χ1n) is 5.43. The van der Waals surface area contributed by atoms with Crippen LogP contribution in [-0.4, -0.2) is 18.2 Å². The molecule has 0 fully saturated rings. The Balaban J connectivity index is 3.60. The zero-order valence-electron chi connectivity index (χ0n) is 10.5. The van der Waals surface area contributed by atoms with E-state index in [0.717, 1.165) is 6.42 Å². The van der Waals surface area contributed by atoms with Gasteiger partial charge in [-0.1, -0.05) is 26.0 Å². The van der Waals surface area contributed by atoms with Gasteiger partial charge in [0.15, 0.2) is 0 Å². The summed E-state index contributed by atoms with van der Waals surface area (Å²) in [5, 5.41) is 2.66. The van der Waals surface area contributed by atoms with Gasteiger partial charge in [-0.3, -0.25) is 0 Å². The molecule has 3 nitrogen and oxygen atoms in total. The van der Waals surface area contributed by atoms with Gasteiger partial charge in [0.25, 0.3) is 0 Å². The number of allylic oxidation sites excluding steroid dienone is 1. The van der Waals surface area contributed by atoms with Crippen molar-refractivity contribution in [2.24, 2.45) is 5.92 Å². The molecule has 0 radical (unpaired) electrons. The second-order valence-electron chi connectivity index (χ2n) is 4.98. The summed E-state index contributed by atoms with van der Waals surface area (Å²) in [6, 6.07) is 0. The highest BCUT2D eigenvalue weighted by atomic mass is 16.6. The van der Waals surface area contributed by atoms with Crippen LogP contribution < -0.4 is 5.32 Å². The van der Waals surface area contributed by atoms with Gasteiger partial charge in [-0.15, -0.1) is 0 Å². The number of carbonyl (C=O) groups excluding carboxylic acids is 1. The molecule has 0 aromatic carbocycles. The zero-order chi connectivity index (χ0) is 11.9. The van der Waals surface area contributed by atoms with Gasteiger partial charge < -0.3 is 10.1 Å². The molecular formula is C12H23NO2. The molecule has 0 aromatic rings. The first-order chi connectivity index (χ1) is 6.81. The maximum absolute atomic E-state index is 11.2. The van der Waals surface area contributed by atoms with Gasteiger partial charge in [0.1, 0.15) is 5.60 Å². The van der Waals surface area contributed by atoms with E-state index in [-0.39, 0.29) is 6.09 Å². The Labute approximate surface area is 92.9 Å². The molecule has 88 valence electrons. The third-order valence-electron chi connectivity index (χ3n) is 1.54. The maximum Gasteiger partial charge on any atom is 0.407 e. The van der Waals surface area contributed by atoms with E-state index >= 15 is 0 Å². The second-order valence-corrected chi connectivity index (χ2v) is 4.98. The van der Waals surface area contributed by atoms with Crippen molar-refractivity contribution in [3.8, 4) is 0 Å². The Morgan fingerprint density at radius 3 is 2.40 bits per heavy atom. The molecule has 0 atom stereocenters. The fraction of sp³-hybridized carbons (Fsp3) is 0.750. The van der Waals surface area contributed by atoms with Gasteiger partial charge in [-0.25, -0.2) is 4.79 Å². The van der Waals surface area contributed by atoms with Gasteiger partial charge >= 0.3 is 6.09 Å². The summed E-state index contributed by atoms with van der Waals surface area (Å²) in [5.74, 6) is 0.655. The molecule has 15 heavy (non-hydrogen) atoms. The minimum atomic E-state index is -0.425. The van der Waals surface area contributed by atoms with Crippen LogP contribution in [0.2, 0.25) is 0 Å². The van der Waals surface area contributed by atoms with Crippen LogP contribution in [0.4, 0.5) is 4.79 Å². The van der Waals surface area contributed by atoms with Crippen LogP contribution in [0, 0.1) is 5.92 Å². The summed E-state index contributed by atoms with van der Waals surface area (Å²) in [6.45, 7) is 10.4. The van der Waals surface area contributed by atoms with E-state index in [1.165, 1.54) is 0 Å². The average Bonchev–Trinajstić information content (AvgIpc) is 1.99. The fourth-order valence-electron chi connectivity index (χ4n) is 0.908. The largest absolute Gasteiger partial charge is 0.444 e. The molecule has 0 saturated heterocycles. The quantitative estimate of drug-likeness (QED) is 0.729.